The summed E-state index contributed by atoms with van der Waals surface area (Å²) in [4.78, 5) is 55.1. The van der Waals surface area contributed by atoms with Crippen molar-refractivity contribution >= 4 is 45.8 Å². The fourth-order valence-corrected chi connectivity index (χ4v) is 8.18. The summed E-state index contributed by atoms with van der Waals surface area (Å²) >= 11 is 0. The third-order valence-corrected chi connectivity index (χ3v) is 11.3. The molecule has 314 valence electrons. The number of nitrogens with one attached hydrogen (secondary N) is 2. The molecule has 0 aliphatic carbocycles. The standard InChI is InChI=1S/C44H55N7O8/c1-26(2)37(47-43(54)56-5)41(52)50-20-10-14-33(50)39-45-31-22-28(16-18-35(31)58-39)24-49(30-12-8-7-9-13-30)25-29-17-19-36-32(23-29)46-40(59-36)34-15-11-21-51(34)42(53)38(27(3)4)48-44(55)57-6/h7-9,12-13,16-19,22-23,26-27,33-34,37-38,43,47,54H,10-11,14-15,20-21,24-25H2,1-6H3,(H,48,55). The van der Waals surface area contributed by atoms with Gasteiger partial charge < -0.3 is 43.4 Å². The largest absolute Gasteiger partial charge is 0.453 e. The molecule has 5 aromatic rings. The number of benzene rings is 3. The van der Waals surface area contributed by atoms with E-state index in [1.807, 2.05) is 82.3 Å². The van der Waals surface area contributed by atoms with Crippen LogP contribution in [0, 0.1) is 11.8 Å². The van der Waals surface area contributed by atoms with Gasteiger partial charge in [0.25, 0.3) is 0 Å². The predicted octanol–water partition coefficient (Wildman–Crippen LogP) is 6.42. The van der Waals surface area contributed by atoms with E-state index >= 15 is 0 Å². The number of carbonyl (C=O) groups excluding carboxylic acids is 3. The molecule has 2 aliphatic rings. The number of carbonyl (C=O) groups is 3. The van der Waals surface area contributed by atoms with Crippen LogP contribution in [0.1, 0.15) is 88.4 Å². The number of para-hydroxylation sites is 1. The number of fused-ring (bicyclic) bond motifs is 2. The molecule has 59 heavy (non-hydrogen) atoms. The minimum atomic E-state index is -1.25. The van der Waals surface area contributed by atoms with E-state index in [2.05, 4.69) is 27.7 Å². The van der Waals surface area contributed by atoms with Gasteiger partial charge in [-0.05, 0) is 85.0 Å². The van der Waals surface area contributed by atoms with Crippen LogP contribution in [-0.4, -0.2) is 88.6 Å². The van der Waals surface area contributed by atoms with E-state index in [1.165, 1.54) is 14.2 Å². The van der Waals surface area contributed by atoms with Gasteiger partial charge in [0.1, 0.15) is 29.2 Å². The predicted molar refractivity (Wildman–Crippen MR) is 221 cm³/mol. The normalized spacial score (nSPS) is 18.5. The quantitative estimate of drug-likeness (QED) is 0.0992. The molecule has 2 aliphatic heterocycles. The highest BCUT2D eigenvalue weighted by Crippen LogP contribution is 2.36. The molecule has 15 heteroatoms. The Balaban J connectivity index is 1.09. The maximum absolute atomic E-state index is 13.7. The second kappa shape index (κ2) is 18.2. The van der Waals surface area contributed by atoms with E-state index in [1.54, 1.807) is 9.80 Å². The van der Waals surface area contributed by atoms with E-state index in [9.17, 15) is 19.5 Å². The molecule has 0 saturated carbocycles. The lowest BCUT2D eigenvalue weighted by Crippen LogP contribution is -2.52. The number of anilines is 1. The molecule has 5 atom stereocenters. The smallest absolute Gasteiger partial charge is 0.407 e. The lowest BCUT2D eigenvalue weighted by Gasteiger charge is -2.30. The lowest BCUT2D eigenvalue weighted by atomic mass is 10.0. The first-order valence-electron chi connectivity index (χ1n) is 20.4. The average molecular weight is 810 g/mol. The Morgan fingerprint density at radius 3 is 1.76 bits per heavy atom. The number of aliphatic hydroxyl groups excluding tert-OH is 1. The van der Waals surface area contributed by atoms with E-state index < -0.39 is 24.6 Å². The van der Waals surface area contributed by atoms with Crippen molar-refractivity contribution in [3.63, 3.8) is 0 Å². The first-order valence-corrected chi connectivity index (χ1v) is 20.4. The second-order valence-electron chi connectivity index (χ2n) is 16.1. The van der Waals surface area contributed by atoms with E-state index in [-0.39, 0.29) is 35.7 Å². The molecule has 0 spiro atoms. The Labute approximate surface area is 344 Å². The van der Waals surface area contributed by atoms with Gasteiger partial charge in [0.05, 0.1) is 13.2 Å². The molecule has 0 bridgehead atoms. The van der Waals surface area contributed by atoms with Gasteiger partial charge in [-0.15, -0.1) is 0 Å². The molecule has 5 unspecified atom stereocenters. The highest BCUT2D eigenvalue weighted by atomic mass is 16.6. The summed E-state index contributed by atoms with van der Waals surface area (Å²) in [6.07, 6.45) is 1.16. The van der Waals surface area contributed by atoms with Gasteiger partial charge in [0.15, 0.2) is 11.2 Å². The fourth-order valence-electron chi connectivity index (χ4n) is 8.18. The lowest BCUT2D eigenvalue weighted by molar-refractivity contribution is -0.145. The summed E-state index contributed by atoms with van der Waals surface area (Å²) in [7, 11) is 2.66. The monoisotopic (exact) mass is 809 g/mol. The molecular formula is C44H55N7O8. The molecule has 3 N–H and O–H groups in total. The molecule has 2 aromatic heterocycles. The van der Waals surface area contributed by atoms with Crippen LogP contribution in [0.3, 0.4) is 0 Å². The number of amides is 3. The maximum atomic E-state index is 13.7. The van der Waals surface area contributed by atoms with Crippen LogP contribution in [0.15, 0.2) is 75.6 Å². The number of hydrogen-bond donors (Lipinski definition) is 3. The minimum absolute atomic E-state index is 0.0790. The van der Waals surface area contributed by atoms with Gasteiger partial charge in [0.2, 0.25) is 30.0 Å². The number of aliphatic hydroxyl groups is 1. The van der Waals surface area contributed by atoms with Crippen LogP contribution in [-0.2, 0) is 32.2 Å². The SMILES string of the molecule is COC(=O)NC(C(=O)N1CCCC1c1nc2cc(CN(Cc3ccc4oc(C5CCCN5C(=O)C(NC(O)OC)C(C)C)nc4c3)c3ccccc3)ccc2o1)C(C)C. The minimum Gasteiger partial charge on any atom is -0.453 e. The molecule has 3 aromatic carbocycles. The fraction of sp³-hybridized carbons (Fsp3) is 0.477. The van der Waals surface area contributed by atoms with Crippen LogP contribution >= 0.6 is 0 Å². The number of nitrogens with zero attached hydrogens (tertiary/aromatic N) is 5. The molecular weight excluding hydrogens is 755 g/mol. The highest BCUT2D eigenvalue weighted by molar-refractivity contribution is 5.86. The van der Waals surface area contributed by atoms with Crippen LogP contribution in [0.5, 0.6) is 0 Å². The molecule has 15 nitrogen and oxygen atoms in total. The Morgan fingerprint density at radius 1 is 0.780 bits per heavy atom. The third kappa shape index (κ3) is 9.22. The number of oxazole rings is 2. The first-order chi connectivity index (χ1) is 28.4. The van der Waals surface area contributed by atoms with Crippen molar-refractivity contribution in [3.8, 4) is 0 Å². The third-order valence-electron chi connectivity index (χ3n) is 11.3. The van der Waals surface area contributed by atoms with E-state index in [0.29, 0.717) is 61.1 Å². The van der Waals surface area contributed by atoms with Crippen molar-refractivity contribution < 1.29 is 37.8 Å². The van der Waals surface area contributed by atoms with Gasteiger partial charge in [-0.1, -0.05) is 58.0 Å². The Hall–Kier alpha value is -5.51. The van der Waals surface area contributed by atoms with Gasteiger partial charge in [-0.2, -0.15) is 0 Å². The van der Waals surface area contributed by atoms with Crippen molar-refractivity contribution in [1.82, 2.24) is 30.4 Å². The summed E-state index contributed by atoms with van der Waals surface area (Å²) in [5.41, 5.74) is 5.83. The highest BCUT2D eigenvalue weighted by Gasteiger charge is 2.40. The maximum Gasteiger partial charge on any atom is 0.407 e. The second-order valence-corrected chi connectivity index (χ2v) is 16.1. The Morgan fingerprint density at radius 2 is 1.29 bits per heavy atom. The number of alkyl carbamates (subject to hydrolysis) is 1. The number of likely N-dealkylation sites (tertiary alicyclic amines) is 2. The number of methoxy groups -OCH3 is 2. The number of aromatic nitrogens is 2. The summed E-state index contributed by atoms with van der Waals surface area (Å²) in [6, 6.07) is 20.2. The topological polar surface area (TPSA) is 176 Å². The Kier molecular flexibility index (Phi) is 12.8. The zero-order chi connectivity index (χ0) is 41.8. The zero-order valence-electron chi connectivity index (χ0n) is 34.6. The molecule has 7 rings (SSSR count). The van der Waals surface area contributed by atoms with Crippen molar-refractivity contribution in [2.24, 2.45) is 11.8 Å². The van der Waals surface area contributed by atoms with Crippen molar-refractivity contribution in [1.29, 1.82) is 0 Å². The van der Waals surface area contributed by atoms with E-state index in [4.69, 9.17) is 28.3 Å². The van der Waals surface area contributed by atoms with Gasteiger partial charge in [-0.3, -0.25) is 14.9 Å². The molecule has 3 amide bonds. The number of hydrogen-bond acceptors (Lipinski definition) is 12. The van der Waals surface area contributed by atoms with Crippen molar-refractivity contribution in [3.05, 3.63) is 89.6 Å². The molecule has 0 radical (unpaired) electrons. The van der Waals surface area contributed by atoms with Crippen LogP contribution in [0.2, 0.25) is 0 Å². The molecule has 2 fully saturated rings. The number of rotatable bonds is 15. The summed E-state index contributed by atoms with van der Waals surface area (Å²) in [6.45, 7) is 9.92. The summed E-state index contributed by atoms with van der Waals surface area (Å²) in [5, 5.41) is 15.7. The molecule has 4 heterocycles. The first kappa shape index (κ1) is 41.6. The van der Waals surface area contributed by atoms with Crippen LogP contribution in [0.4, 0.5) is 10.5 Å². The zero-order valence-corrected chi connectivity index (χ0v) is 34.6. The summed E-state index contributed by atoms with van der Waals surface area (Å²) in [5.74, 6) is 0.458. The summed E-state index contributed by atoms with van der Waals surface area (Å²) < 4.78 is 22.3. The average Bonchev–Trinajstić information content (AvgIpc) is 4.06. The van der Waals surface area contributed by atoms with Crippen molar-refractivity contribution in [2.45, 2.75) is 97.0 Å². The van der Waals surface area contributed by atoms with Crippen LogP contribution in [0.25, 0.3) is 22.2 Å². The number of ether oxygens (including phenoxy) is 2. The van der Waals surface area contributed by atoms with Crippen LogP contribution < -0.4 is 15.5 Å². The van der Waals surface area contributed by atoms with Gasteiger partial charge in [0, 0.05) is 39.0 Å². The van der Waals surface area contributed by atoms with Gasteiger partial charge >= 0.3 is 6.09 Å². The van der Waals surface area contributed by atoms with Gasteiger partial charge in [-0.25, -0.2) is 14.8 Å². The van der Waals surface area contributed by atoms with Crippen molar-refractivity contribution in [2.75, 3.05) is 32.2 Å². The van der Waals surface area contributed by atoms with E-state index in [0.717, 1.165) is 41.6 Å². The Bertz CT molecular complexity index is 2240. The molecule has 2 saturated heterocycles.